The van der Waals surface area contributed by atoms with Crippen LogP contribution in [-0.2, 0) is 11.8 Å². The van der Waals surface area contributed by atoms with Gasteiger partial charge in [-0.1, -0.05) is 6.08 Å². The normalized spacial score (nSPS) is 11.6. The zero-order valence-corrected chi connectivity index (χ0v) is 14.5. The monoisotopic (exact) mass is 369 g/mol. The Balaban J connectivity index is 2.22. The smallest absolute Gasteiger partial charge is 0.291 e. The van der Waals surface area contributed by atoms with Gasteiger partial charge in [0.05, 0.1) is 5.70 Å². The topological polar surface area (TPSA) is 138 Å². The molecule has 1 aromatic carbocycles. The summed E-state index contributed by atoms with van der Waals surface area (Å²) in [5.41, 5.74) is 5.53. The molecule has 0 radical (unpaired) electrons. The number of benzene rings is 1. The average Bonchev–Trinajstić information content (AvgIpc) is 2.98. The number of nitrogens with zero attached hydrogens (tertiary/aromatic N) is 4. The Hall–Kier alpha value is -4.00. The van der Waals surface area contributed by atoms with Crippen LogP contribution in [0.15, 0.2) is 47.2 Å². The van der Waals surface area contributed by atoms with Crippen LogP contribution < -0.4 is 16.4 Å². The molecule has 0 spiro atoms. The Morgan fingerprint density at radius 2 is 2.04 bits per heavy atom. The molecule has 0 bridgehead atoms. The summed E-state index contributed by atoms with van der Waals surface area (Å²) in [6, 6.07) is 5.03. The van der Waals surface area contributed by atoms with E-state index in [-0.39, 0.29) is 23.1 Å². The van der Waals surface area contributed by atoms with Gasteiger partial charge in [-0.25, -0.2) is 9.37 Å². The molecule has 0 aliphatic carbocycles. The number of nitrogens with one attached hydrogen (secondary N) is 2. The first-order valence-corrected chi connectivity index (χ1v) is 7.66. The van der Waals surface area contributed by atoms with E-state index in [1.54, 1.807) is 14.0 Å². The Bertz CT molecular complexity index is 968. The Kier molecular flexibility index (Phi) is 6.01. The fraction of sp³-hybridized carbons (Fsp3) is 0.118. The SMILES string of the molecule is C/C=C(/NC(=O)c1nc(N)cn1C)C(=NC#N)C(=O)Nc1ccc(F)cc1. The molecule has 0 saturated heterocycles. The van der Waals surface area contributed by atoms with Crippen LogP contribution in [-0.4, -0.2) is 27.1 Å². The second-order valence-corrected chi connectivity index (χ2v) is 5.28. The van der Waals surface area contributed by atoms with Gasteiger partial charge < -0.3 is 20.9 Å². The number of nitrogens with two attached hydrogens (primary N) is 1. The van der Waals surface area contributed by atoms with E-state index < -0.39 is 17.6 Å². The zero-order valence-electron chi connectivity index (χ0n) is 14.5. The minimum absolute atomic E-state index is 0.00253. The number of anilines is 2. The Morgan fingerprint density at radius 3 is 2.56 bits per heavy atom. The summed E-state index contributed by atoms with van der Waals surface area (Å²) >= 11 is 0. The van der Waals surface area contributed by atoms with Crippen molar-refractivity contribution in [2.45, 2.75) is 6.92 Å². The molecule has 9 nitrogen and oxygen atoms in total. The summed E-state index contributed by atoms with van der Waals surface area (Å²) < 4.78 is 14.4. The van der Waals surface area contributed by atoms with E-state index in [2.05, 4.69) is 20.6 Å². The summed E-state index contributed by atoms with van der Waals surface area (Å²) in [4.78, 5) is 32.2. The molecule has 2 aromatic rings. The average molecular weight is 369 g/mol. The molecule has 0 fully saturated rings. The fourth-order valence-electron chi connectivity index (χ4n) is 2.15. The number of aliphatic imine (C=N–C) groups is 1. The van der Waals surface area contributed by atoms with Gasteiger partial charge in [-0.2, -0.15) is 10.3 Å². The number of rotatable bonds is 5. The molecule has 0 unspecified atom stereocenters. The maximum Gasteiger partial charge on any atom is 0.291 e. The number of hydrogen-bond donors (Lipinski definition) is 3. The molecule has 4 N–H and O–H groups in total. The number of hydrogen-bond acceptors (Lipinski definition) is 6. The molecule has 2 amide bonds. The second-order valence-electron chi connectivity index (χ2n) is 5.28. The number of nitriles is 1. The van der Waals surface area contributed by atoms with Crippen molar-refractivity contribution in [2.75, 3.05) is 11.1 Å². The van der Waals surface area contributed by atoms with Crippen molar-refractivity contribution in [1.82, 2.24) is 14.9 Å². The molecule has 1 aromatic heterocycles. The lowest BCUT2D eigenvalue weighted by molar-refractivity contribution is -0.110. The van der Waals surface area contributed by atoms with Crippen LogP contribution in [0.3, 0.4) is 0 Å². The third kappa shape index (κ3) is 4.76. The lowest BCUT2D eigenvalue weighted by Crippen LogP contribution is -2.35. The number of amides is 2. The number of carbonyl (C=O) groups is 2. The zero-order chi connectivity index (χ0) is 20.0. The molecule has 0 aliphatic heterocycles. The number of nitrogen functional groups attached to an aromatic ring is 1. The van der Waals surface area contributed by atoms with Crippen molar-refractivity contribution in [3.8, 4) is 6.19 Å². The van der Waals surface area contributed by atoms with Crippen LogP contribution >= 0.6 is 0 Å². The van der Waals surface area contributed by atoms with Crippen molar-refractivity contribution in [2.24, 2.45) is 12.0 Å². The van der Waals surface area contributed by atoms with Gasteiger partial charge in [0.15, 0.2) is 5.71 Å². The number of aromatic nitrogens is 2. The van der Waals surface area contributed by atoms with Crippen LogP contribution in [0.4, 0.5) is 15.9 Å². The molecule has 10 heteroatoms. The molecule has 2 rings (SSSR count). The molecule has 0 saturated carbocycles. The van der Waals surface area contributed by atoms with Crippen molar-refractivity contribution < 1.29 is 14.0 Å². The summed E-state index contributed by atoms with van der Waals surface area (Å²) in [5, 5.41) is 13.8. The van der Waals surface area contributed by atoms with E-state index >= 15 is 0 Å². The summed E-state index contributed by atoms with van der Waals surface area (Å²) in [6.45, 7) is 1.56. The lowest BCUT2D eigenvalue weighted by atomic mass is 10.2. The number of allylic oxidation sites excluding steroid dienone is 1. The van der Waals surface area contributed by atoms with Crippen LogP contribution in [0.2, 0.25) is 0 Å². The molecule has 0 aliphatic rings. The lowest BCUT2D eigenvalue weighted by Gasteiger charge is -2.11. The first kappa shape index (κ1) is 19.3. The third-order valence-electron chi connectivity index (χ3n) is 3.37. The standard InChI is InChI=1S/C17H16FN7O2/c1-3-12(23-17(27)15-24-13(20)8-25(15)2)14(21-9-19)16(26)22-11-6-4-10(18)5-7-11/h3-8H,20H2,1-2H3,(H,22,26)(H,23,27)/b12-3+,21-14?. The number of halogens is 1. The van der Waals surface area contributed by atoms with Gasteiger partial charge in [0.2, 0.25) is 12.0 Å². The first-order chi connectivity index (χ1) is 12.8. The van der Waals surface area contributed by atoms with Crippen molar-refractivity contribution >= 4 is 29.0 Å². The number of aryl methyl sites for hydroxylation is 1. The van der Waals surface area contributed by atoms with E-state index in [0.29, 0.717) is 5.69 Å². The van der Waals surface area contributed by atoms with Gasteiger partial charge in [-0.05, 0) is 31.2 Å². The van der Waals surface area contributed by atoms with Crippen LogP contribution in [0.25, 0.3) is 0 Å². The van der Waals surface area contributed by atoms with Gasteiger partial charge in [-0.15, -0.1) is 0 Å². The van der Waals surface area contributed by atoms with E-state index in [0.717, 1.165) is 0 Å². The highest BCUT2D eigenvalue weighted by Crippen LogP contribution is 2.10. The first-order valence-electron chi connectivity index (χ1n) is 7.66. The molecular formula is C17H16FN7O2. The highest BCUT2D eigenvalue weighted by atomic mass is 19.1. The van der Waals surface area contributed by atoms with Crippen LogP contribution in [0.1, 0.15) is 17.5 Å². The van der Waals surface area contributed by atoms with E-state index in [1.165, 1.54) is 47.3 Å². The molecular weight excluding hydrogens is 353 g/mol. The molecule has 0 atom stereocenters. The van der Waals surface area contributed by atoms with Gasteiger partial charge in [-0.3, -0.25) is 9.59 Å². The van der Waals surface area contributed by atoms with E-state index in [9.17, 15) is 14.0 Å². The summed E-state index contributed by atoms with van der Waals surface area (Å²) in [7, 11) is 1.58. The van der Waals surface area contributed by atoms with Gasteiger partial charge in [0.25, 0.3) is 11.8 Å². The van der Waals surface area contributed by atoms with Crippen LogP contribution in [0.5, 0.6) is 0 Å². The highest BCUT2D eigenvalue weighted by Gasteiger charge is 2.21. The van der Waals surface area contributed by atoms with Crippen molar-refractivity contribution in [3.05, 3.63) is 53.9 Å². The van der Waals surface area contributed by atoms with Crippen molar-refractivity contribution in [1.29, 1.82) is 5.26 Å². The predicted molar refractivity (Wildman–Crippen MR) is 96.9 cm³/mol. The number of imidazole rings is 1. The van der Waals surface area contributed by atoms with Gasteiger partial charge >= 0.3 is 0 Å². The Morgan fingerprint density at radius 1 is 1.37 bits per heavy atom. The molecule has 138 valence electrons. The third-order valence-corrected chi connectivity index (χ3v) is 3.37. The molecule has 27 heavy (non-hydrogen) atoms. The molecule has 1 heterocycles. The summed E-state index contributed by atoms with van der Waals surface area (Å²) in [5.74, 6) is -1.68. The highest BCUT2D eigenvalue weighted by molar-refractivity contribution is 6.49. The Labute approximate surface area is 154 Å². The minimum Gasteiger partial charge on any atom is -0.382 e. The van der Waals surface area contributed by atoms with E-state index in [1.807, 2.05) is 0 Å². The largest absolute Gasteiger partial charge is 0.382 e. The van der Waals surface area contributed by atoms with Gasteiger partial charge in [0, 0.05) is 18.9 Å². The van der Waals surface area contributed by atoms with E-state index in [4.69, 9.17) is 11.0 Å². The maximum atomic E-state index is 13.0. The quantitative estimate of drug-likeness (QED) is 0.539. The summed E-state index contributed by atoms with van der Waals surface area (Å²) in [6.07, 6.45) is 4.38. The minimum atomic E-state index is -0.754. The maximum absolute atomic E-state index is 13.0. The van der Waals surface area contributed by atoms with Gasteiger partial charge in [0.1, 0.15) is 11.6 Å². The number of carbonyl (C=O) groups excluding carboxylic acids is 2. The fourth-order valence-corrected chi connectivity index (χ4v) is 2.15. The van der Waals surface area contributed by atoms with Crippen LogP contribution in [0, 0.1) is 17.3 Å². The van der Waals surface area contributed by atoms with Crippen molar-refractivity contribution in [3.63, 3.8) is 0 Å². The second kappa shape index (κ2) is 8.39. The predicted octanol–water partition coefficient (Wildman–Crippen LogP) is 1.34.